The van der Waals surface area contributed by atoms with Gasteiger partial charge < -0.3 is 16.2 Å². The summed E-state index contributed by atoms with van der Waals surface area (Å²) in [4.78, 5) is 2.32. The largest absolute Gasteiger partial charge is 2.00 e. The molecule has 0 heterocycles. The summed E-state index contributed by atoms with van der Waals surface area (Å²) >= 11 is 6.66. The molecule has 232 valence electrons. The van der Waals surface area contributed by atoms with E-state index in [1.807, 2.05) is 60.7 Å². The van der Waals surface area contributed by atoms with Crippen molar-refractivity contribution in [2.45, 2.75) is 36.9 Å². The fourth-order valence-corrected chi connectivity index (χ4v) is 5.33. The van der Waals surface area contributed by atoms with Crippen LogP contribution in [0.1, 0.15) is 47.1 Å². The Morgan fingerprint density at radius 1 is 0.932 bits per heavy atom. The standard InChI is InChI=1S/C32H29ClF4NO2S.C2H5.U/c1-22-29(34)18-26(19-30(22)41-39)40-17-9-16-38(20-25-14-8-15-28(31(25)33)32(35,36)37)21-27(23-10-4-2-5-11-23)24-12-6-3-7-13-24;1-2;/h2-8,10-15,18-19,27,39H,1,9,16-17,20-21H2;1H2,2H3;/q2*-1;+2. The number of hydrogen-bond donors (Lipinski definition) is 1. The third kappa shape index (κ3) is 10.8. The molecule has 0 saturated carbocycles. The summed E-state index contributed by atoms with van der Waals surface area (Å²) < 4.78 is 70.0. The minimum Gasteiger partial charge on any atom is -0.496 e. The van der Waals surface area contributed by atoms with Crippen LogP contribution in [0, 0.1) is 50.8 Å². The van der Waals surface area contributed by atoms with Gasteiger partial charge in [-0.25, -0.2) is 0 Å². The second-order valence-corrected chi connectivity index (χ2v) is 10.6. The fourth-order valence-electron chi connectivity index (χ4n) is 4.66. The molecule has 0 aliphatic heterocycles. The van der Waals surface area contributed by atoms with Gasteiger partial charge in [-0.3, -0.25) is 9.29 Å². The molecule has 0 saturated heterocycles. The van der Waals surface area contributed by atoms with E-state index in [9.17, 15) is 22.1 Å². The zero-order chi connectivity index (χ0) is 31.4. The Morgan fingerprint density at radius 3 is 2.07 bits per heavy atom. The van der Waals surface area contributed by atoms with Crippen molar-refractivity contribution in [2.24, 2.45) is 0 Å². The second-order valence-electron chi connectivity index (χ2n) is 9.56. The Kier molecular flexibility index (Phi) is 16.2. The van der Waals surface area contributed by atoms with Crippen molar-refractivity contribution in [2.75, 3.05) is 19.7 Å². The van der Waals surface area contributed by atoms with E-state index in [0.717, 1.165) is 17.2 Å². The van der Waals surface area contributed by atoms with E-state index in [-0.39, 0.29) is 71.4 Å². The fraction of sp³-hybridized carbons (Fsp3) is 0.235. The van der Waals surface area contributed by atoms with Crippen LogP contribution in [0.3, 0.4) is 0 Å². The zero-order valence-corrected chi connectivity index (χ0v) is 30.0. The predicted octanol–water partition coefficient (Wildman–Crippen LogP) is 10.2. The molecule has 0 radical (unpaired) electrons. The molecule has 0 aliphatic carbocycles. The average molecular weight is 870 g/mol. The van der Waals surface area contributed by atoms with E-state index in [1.54, 1.807) is 13.0 Å². The van der Waals surface area contributed by atoms with Gasteiger partial charge in [0.25, 0.3) is 0 Å². The van der Waals surface area contributed by atoms with Crippen LogP contribution in [0.2, 0.25) is 5.02 Å². The number of rotatable bonds is 12. The van der Waals surface area contributed by atoms with Gasteiger partial charge in [-0.1, -0.05) is 95.4 Å². The SMILES string of the molecule is [CH2-]C.[CH2-]c1c(F)cc(OCCCN(Cc2cccc(C(F)(F)F)c2Cl)CC(c2ccccc2)c2ccccc2)cc1SO.[U+2]. The molecule has 4 aromatic rings. The summed E-state index contributed by atoms with van der Waals surface area (Å²) in [6, 6.07) is 26.5. The van der Waals surface area contributed by atoms with Crippen molar-refractivity contribution >= 4 is 23.6 Å². The maximum atomic E-state index is 14.2. The number of nitrogens with zero attached hydrogens (tertiary/aromatic N) is 1. The Labute approximate surface area is 290 Å². The third-order valence-corrected chi connectivity index (χ3v) is 7.74. The molecule has 0 unspecified atom stereocenters. The molecule has 0 bridgehead atoms. The van der Waals surface area contributed by atoms with E-state index in [1.165, 1.54) is 18.2 Å². The molecule has 3 nitrogen and oxygen atoms in total. The van der Waals surface area contributed by atoms with Crippen molar-refractivity contribution in [1.29, 1.82) is 0 Å². The van der Waals surface area contributed by atoms with E-state index < -0.39 is 17.6 Å². The summed E-state index contributed by atoms with van der Waals surface area (Å²) in [5.41, 5.74) is 1.75. The van der Waals surface area contributed by atoms with E-state index in [0.29, 0.717) is 37.1 Å². The van der Waals surface area contributed by atoms with Crippen molar-refractivity contribution in [3.05, 3.63) is 144 Å². The number of halogens is 5. The van der Waals surface area contributed by atoms with Crippen molar-refractivity contribution in [1.82, 2.24) is 4.90 Å². The van der Waals surface area contributed by atoms with Crippen LogP contribution < -0.4 is 4.74 Å². The Hall–Kier alpha value is -2.12. The predicted molar refractivity (Wildman–Crippen MR) is 167 cm³/mol. The monoisotopic (exact) mass is 869 g/mol. The van der Waals surface area contributed by atoms with Gasteiger partial charge in [0.2, 0.25) is 0 Å². The Bertz CT molecular complexity index is 1390. The number of ether oxygens (including phenoxy) is 1. The van der Waals surface area contributed by atoms with Crippen LogP contribution in [-0.2, 0) is 12.7 Å². The molecule has 4 aromatic carbocycles. The summed E-state index contributed by atoms with van der Waals surface area (Å²) in [5.74, 6) is -0.385. The van der Waals surface area contributed by atoms with Crippen LogP contribution in [0.5, 0.6) is 5.75 Å². The number of benzene rings is 4. The molecule has 1 N–H and O–H groups in total. The molecular formula is C34H34ClF4NO2SU. The molecule has 0 aromatic heterocycles. The third-order valence-electron chi connectivity index (χ3n) is 6.74. The maximum Gasteiger partial charge on any atom is 2.00 e. The van der Waals surface area contributed by atoms with Gasteiger partial charge in [-0.15, -0.1) is 5.56 Å². The zero-order valence-electron chi connectivity index (χ0n) is 24.3. The first-order valence-electron chi connectivity index (χ1n) is 13.6. The number of hydrogen-bond acceptors (Lipinski definition) is 4. The van der Waals surface area contributed by atoms with Crippen LogP contribution in [-0.4, -0.2) is 29.1 Å². The summed E-state index contributed by atoms with van der Waals surface area (Å²) in [6.45, 7) is 9.99. The summed E-state index contributed by atoms with van der Waals surface area (Å²) in [6.07, 6.45) is -4.06. The molecule has 10 heteroatoms. The summed E-state index contributed by atoms with van der Waals surface area (Å²) in [5, 5.41) is -0.310. The van der Waals surface area contributed by atoms with Crippen molar-refractivity contribution < 1.29 is 58.0 Å². The minimum absolute atomic E-state index is 0. The molecule has 44 heavy (non-hydrogen) atoms. The molecule has 0 atom stereocenters. The van der Waals surface area contributed by atoms with Gasteiger partial charge in [0.1, 0.15) is 0 Å². The van der Waals surface area contributed by atoms with Gasteiger partial charge in [-0.05, 0) is 47.3 Å². The number of alkyl halides is 3. The Balaban J connectivity index is 0.00000220. The molecule has 0 fully saturated rings. The first kappa shape index (κ1) is 38.1. The van der Waals surface area contributed by atoms with Crippen LogP contribution in [0.25, 0.3) is 0 Å². The van der Waals surface area contributed by atoms with Gasteiger partial charge in [0, 0.05) is 31.4 Å². The molecule has 0 amide bonds. The van der Waals surface area contributed by atoms with E-state index in [4.69, 9.17) is 16.3 Å². The van der Waals surface area contributed by atoms with Gasteiger partial charge in [0.15, 0.2) is 0 Å². The summed E-state index contributed by atoms with van der Waals surface area (Å²) in [7, 11) is 0. The Morgan fingerprint density at radius 2 is 1.52 bits per heavy atom. The van der Waals surface area contributed by atoms with Crippen LogP contribution in [0.4, 0.5) is 17.6 Å². The smallest absolute Gasteiger partial charge is 0.496 e. The molecule has 0 aliphatic rings. The van der Waals surface area contributed by atoms with E-state index >= 15 is 0 Å². The van der Waals surface area contributed by atoms with Crippen LogP contribution in [0.15, 0.2) is 95.9 Å². The van der Waals surface area contributed by atoms with Crippen molar-refractivity contribution in [3.63, 3.8) is 0 Å². The van der Waals surface area contributed by atoms with Gasteiger partial charge in [-0.2, -0.15) is 27.0 Å². The average Bonchev–Trinajstić information content (AvgIpc) is 3.01. The molecule has 0 spiro atoms. The quantitative estimate of drug-likeness (QED) is 0.0666. The van der Waals surface area contributed by atoms with Gasteiger partial charge >= 0.3 is 37.3 Å². The van der Waals surface area contributed by atoms with Crippen LogP contribution >= 0.6 is 23.6 Å². The maximum absolute atomic E-state index is 14.2. The normalized spacial score (nSPS) is 11.1. The minimum atomic E-state index is -4.56. The first-order valence-corrected chi connectivity index (χ1v) is 14.8. The topological polar surface area (TPSA) is 32.7 Å². The van der Waals surface area contributed by atoms with Crippen molar-refractivity contribution in [3.8, 4) is 5.75 Å². The molecule has 4 rings (SSSR count). The molecular weight excluding hydrogens is 836 g/mol. The van der Waals surface area contributed by atoms with Gasteiger partial charge in [0.05, 0.1) is 22.9 Å². The first-order chi connectivity index (χ1) is 20.7. The van der Waals surface area contributed by atoms with E-state index in [2.05, 4.69) is 18.7 Å². The second kappa shape index (κ2) is 18.8.